The van der Waals surface area contributed by atoms with Crippen molar-refractivity contribution in [1.29, 1.82) is 0 Å². The van der Waals surface area contributed by atoms with E-state index in [1.54, 1.807) is 13.2 Å². The molecular formula is C21H23N3O3. The summed E-state index contributed by atoms with van der Waals surface area (Å²) in [6.45, 7) is 1.41. The summed E-state index contributed by atoms with van der Waals surface area (Å²) in [7, 11) is 3.63. The van der Waals surface area contributed by atoms with Crippen molar-refractivity contribution >= 4 is 5.91 Å². The number of aromatic nitrogens is 2. The first-order valence-corrected chi connectivity index (χ1v) is 9.16. The maximum absolute atomic E-state index is 12.9. The van der Waals surface area contributed by atoms with E-state index in [1.165, 1.54) is 0 Å². The minimum atomic E-state index is -0.0666. The topological polar surface area (TPSA) is 60.5 Å². The van der Waals surface area contributed by atoms with Crippen molar-refractivity contribution < 1.29 is 13.9 Å². The lowest BCUT2D eigenvalue weighted by molar-refractivity contribution is 0.0672. The number of ether oxygens (including phenoxy) is 1. The summed E-state index contributed by atoms with van der Waals surface area (Å²) in [4.78, 5) is 19.3. The summed E-state index contributed by atoms with van der Waals surface area (Å²) < 4.78 is 13.2. The van der Waals surface area contributed by atoms with Crippen molar-refractivity contribution in [3.05, 3.63) is 60.4 Å². The van der Waals surface area contributed by atoms with E-state index in [0.717, 1.165) is 36.5 Å². The quantitative estimate of drug-likeness (QED) is 0.707. The van der Waals surface area contributed by atoms with Crippen molar-refractivity contribution in [1.82, 2.24) is 14.5 Å². The maximum Gasteiger partial charge on any atom is 0.289 e. The Labute approximate surface area is 158 Å². The molecule has 0 saturated carbocycles. The van der Waals surface area contributed by atoms with E-state index in [1.807, 2.05) is 59.2 Å². The molecule has 1 saturated heterocycles. The Morgan fingerprint density at radius 3 is 2.96 bits per heavy atom. The molecule has 0 bridgehead atoms. The lowest BCUT2D eigenvalue weighted by atomic mass is 9.97. The van der Waals surface area contributed by atoms with Gasteiger partial charge >= 0.3 is 0 Å². The van der Waals surface area contributed by atoms with Crippen LogP contribution in [-0.2, 0) is 7.05 Å². The maximum atomic E-state index is 12.9. The largest absolute Gasteiger partial charge is 0.497 e. The zero-order chi connectivity index (χ0) is 18.8. The minimum Gasteiger partial charge on any atom is -0.497 e. The number of imidazole rings is 1. The summed E-state index contributed by atoms with van der Waals surface area (Å²) in [6.07, 6.45) is 5.76. The summed E-state index contributed by atoms with van der Waals surface area (Å²) in [5, 5.41) is 0. The van der Waals surface area contributed by atoms with E-state index >= 15 is 0 Å². The molecule has 0 N–H and O–H groups in total. The molecule has 0 unspecified atom stereocenters. The fraction of sp³-hybridized carbons (Fsp3) is 0.333. The highest BCUT2D eigenvalue weighted by Gasteiger charge is 2.29. The molecule has 1 aromatic carbocycles. The molecule has 140 valence electrons. The number of piperidine rings is 1. The van der Waals surface area contributed by atoms with Crippen LogP contribution in [-0.4, -0.2) is 40.6 Å². The van der Waals surface area contributed by atoms with Crippen molar-refractivity contribution in [3.63, 3.8) is 0 Å². The van der Waals surface area contributed by atoms with Gasteiger partial charge in [0.05, 0.1) is 7.11 Å². The van der Waals surface area contributed by atoms with Crippen LogP contribution in [0.5, 0.6) is 5.75 Å². The lowest BCUT2D eigenvalue weighted by Gasteiger charge is -2.31. The predicted octanol–water partition coefficient (Wildman–Crippen LogP) is 3.71. The smallest absolute Gasteiger partial charge is 0.289 e. The van der Waals surface area contributed by atoms with Crippen molar-refractivity contribution in [2.24, 2.45) is 7.05 Å². The Morgan fingerprint density at radius 2 is 2.19 bits per heavy atom. The number of hydrogen-bond acceptors (Lipinski definition) is 4. The second-order valence-corrected chi connectivity index (χ2v) is 6.88. The normalized spacial score (nSPS) is 17.1. The van der Waals surface area contributed by atoms with E-state index in [-0.39, 0.29) is 11.8 Å². The number of nitrogens with zero attached hydrogens (tertiary/aromatic N) is 3. The first kappa shape index (κ1) is 17.4. The third-order valence-electron chi connectivity index (χ3n) is 5.10. The average molecular weight is 365 g/mol. The molecule has 1 aliphatic heterocycles. The first-order valence-electron chi connectivity index (χ1n) is 9.16. The Bertz CT molecular complexity index is 944. The highest BCUT2D eigenvalue weighted by atomic mass is 16.5. The molecule has 6 nitrogen and oxygen atoms in total. The van der Waals surface area contributed by atoms with Crippen LogP contribution in [0.1, 0.15) is 35.1 Å². The SMILES string of the molecule is COc1cccc(-c2ccc(C(=O)N3CCC[C@@H](c4nccn4C)C3)o2)c1. The van der Waals surface area contributed by atoms with Gasteiger partial charge in [0, 0.05) is 44.0 Å². The zero-order valence-electron chi connectivity index (χ0n) is 15.6. The zero-order valence-corrected chi connectivity index (χ0v) is 15.6. The number of carbonyl (C=O) groups excluding carboxylic acids is 1. The minimum absolute atomic E-state index is 0.0666. The van der Waals surface area contributed by atoms with Crippen LogP contribution in [0, 0.1) is 0 Å². The van der Waals surface area contributed by atoms with Crippen LogP contribution in [0.2, 0.25) is 0 Å². The van der Waals surface area contributed by atoms with Gasteiger partial charge in [-0.3, -0.25) is 4.79 Å². The molecule has 6 heteroatoms. The highest BCUT2D eigenvalue weighted by Crippen LogP contribution is 2.29. The number of likely N-dealkylation sites (tertiary alicyclic amines) is 1. The first-order chi connectivity index (χ1) is 13.2. The van der Waals surface area contributed by atoms with Gasteiger partial charge in [0.1, 0.15) is 17.3 Å². The molecular weight excluding hydrogens is 342 g/mol. The van der Waals surface area contributed by atoms with Gasteiger partial charge in [0.15, 0.2) is 5.76 Å². The van der Waals surface area contributed by atoms with Gasteiger partial charge in [0.25, 0.3) is 5.91 Å². The number of aryl methyl sites for hydroxylation is 1. The summed E-state index contributed by atoms with van der Waals surface area (Å²) >= 11 is 0. The van der Waals surface area contributed by atoms with Crippen LogP contribution in [0.3, 0.4) is 0 Å². The van der Waals surface area contributed by atoms with Gasteiger partial charge in [-0.15, -0.1) is 0 Å². The van der Waals surface area contributed by atoms with E-state index in [9.17, 15) is 4.79 Å². The van der Waals surface area contributed by atoms with E-state index in [0.29, 0.717) is 18.1 Å². The average Bonchev–Trinajstić information content (AvgIpc) is 3.37. The highest BCUT2D eigenvalue weighted by molar-refractivity contribution is 5.92. The van der Waals surface area contributed by atoms with Gasteiger partial charge < -0.3 is 18.6 Å². The van der Waals surface area contributed by atoms with E-state index in [4.69, 9.17) is 9.15 Å². The van der Waals surface area contributed by atoms with Crippen LogP contribution in [0.4, 0.5) is 0 Å². The number of methoxy groups -OCH3 is 1. The van der Waals surface area contributed by atoms with Gasteiger partial charge in [0.2, 0.25) is 0 Å². The molecule has 0 aliphatic carbocycles. The number of carbonyl (C=O) groups is 1. The Hall–Kier alpha value is -3.02. The number of benzene rings is 1. The second kappa shape index (κ2) is 7.31. The third-order valence-corrected chi connectivity index (χ3v) is 5.10. The molecule has 1 fully saturated rings. The summed E-state index contributed by atoms with van der Waals surface area (Å²) in [5.74, 6) is 3.01. The molecule has 27 heavy (non-hydrogen) atoms. The van der Waals surface area contributed by atoms with Gasteiger partial charge in [-0.25, -0.2) is 4.98 Å². The Kier molecular flexibility index (Phi) is 4.71. The third kappa shape index (κ3) is 3.47. The van der Waals surface area contributed by atoms with Gasteiger partial charge in [-0.2, -0.15) is 0 Å². The molecule has 1 aliphatic rings. The molecule has 4 rings (SSSR count). The fourth-order valence-corrected chi connectivity index (χ4v) is 3.68. The lowest BCUT2D eigenvalue weighted by Crippen LogP contribution is -2.39. The predicted molar refractivity (Wildman–Crippen MR) is 102 cm³/mol. The molecule has 3 heterocycles. The number of amides is 1. The summed E-state index contributed by atoms with van der Waals surface area (Å²) in [5.41, 5.74) is 0.887. The number of hydrogen-bond donors (Lipinski definition) is 0. The van der Waals surface area contributed by atoms with E-state index in [2.05, 4.69) is 4.98 Å². The standard InChI is InChI=1S/C21H23N3O3/c1-23-12-10-22-20(23)16-6-4-11-24(14-16)21(25)19-9-8-18(27-19)15-5-3-7-17(13-15)26-2/h3,5,7-10,12-13,16H,4,6,11,14H2,1-2H3/t16-/m1/s1. The molecule has 1 amide bonds. The van der Waals surface area contributed by atoms with Crippen LogP contribution in [0.15, 0.2) is 53.2 Å². The Balaban J connectivity index is 1.51. The van der Waals surface area contributed by atoms with E-state index < -0.39 is 0 Å². The molecule has 0 spiro atoms. The molecule has 1 atom stereocenters. The van der Waals surface area contributed by atoms with Gasteiger partial charge in [-0.05, 0) is 37.1 Å². The van der Waals surface area contributed by atoms with Crippen molar-refractivity contribution in [2.75, 3.05) is 20.2 Å². The van der Waals surface area contributed by atoms with Crippen LogP contribution in [0.25, 0.3) is 11.3 Å². The Morgan fingerprint density at radius 1 is 1.30 bits per heavy atom. The number of rotatable bonds is 4. The monoisotopic (exact) mass is 365 g/mol. The second-order valence-electron chi connectivity index (χ2n) is 6.88. The molecule has 2 aromatic heterocycles. The fourth-order valence-electron chi connectivity index (χ4n) is 3.68. The van der Waals surface area contributed by atoms with Crippen LogP contribution < -0.4 is 4.74 Å². The van der Waals surface area contributed by atoms with Crippen molar-refractivity contribution in [3.8, 4) is 17.1 Å². The van der Waals surface area contributed by atoms with Gasteiger partial charge in [-0.1, -0.05) is 12.1 Å². The molecule has 0 radical (unpaired) electrons. The summed E-state index contributed by atoms with van der Waals surface area (Å²) in [6, 6.07) is 11.2. The number of furan rings is 1. The van der Waals surface area contributed by atoms with Crippen LogP contribution >= 0.6 is 0 Å². The van der Waals surface area contributed by atoms with Crippen molar-refractivity contribution in [2.45, 2.75) is 18.8 Å². The molecule has 3 aromatic rings.